The summed E-state index contributed by atoms with van der Waals surface area (Å²) in [6, 6.07) is 4.18. The molecule has 0 bridgehead atoms. The number of benzene rings is 1. The standard InChI is InChI=1S/C24H25FN2O4S/c1-13-17-11-14(25)8-9-18(17)31-21(13)23(29)27-24-20(16-6-2-3-7-19(16)32-24)22(28)26-12-15-5-4-10-30-15/h8-9,11,15H,2-7,10,12H2,1H3,(H,26,28)(H,27,29). The van der Waals surface area contributed by atoms with Gasteiger partial charge in [-0.25, -0.2) is 4.39 Å². The summed E-state index contributed by atoms with van der Waals surface area (Å²) >= 11 is 1.46. The SMILES string of the molecule is Cc1c(C(=O)Nc2sc3c(c2C(=O)NCC2CCCO2)CCCC3)oc2ccc(F)cc12. The molecule has 6 nitrogen and oxygen atoms in total. The van der Waals surface area contributed by atoms with E-state index in [1.54, 1.807) is 6.92 Å². The van der Waals surface area contributed by atoms with Crippen molar-refractivity contribution in [2.45, 2.75) is 51.6 Å². The third kappa shape index (κ3) is 3.93. The summed E-state index contributed by atoms with van der Waals surface area (Å²) in [5.41, 5.74) is 2.61. The van der Waals surface area contributed by atoms with Crippen molar-refractivity contribution in [1.82, 2.24) is 5.32 Å². The second-order valence-electron chi connectivity index (χ2n) is 8.41. The summed E-state index contributed by atoms with van der Waals surface area (Å²) < 4.78 is 25.0. The molecule has 2 aliphatic rings. The van der Waals surface area contributed by atoms with Crippen LogP contribution in [0.1, 0.15) is 62.6 Å². The predicted molar refractivity (Wildman–Crippen MR) is 121 cm³/mol. The van der Waals surface area contributed by atoms with Crippen LogP contribution in [-0.2, 0) is 17.6 Å². The Labute approximate surface area is 189 Å². The molecule has 1 fully saturated rings. The Bertz CT molecular complexity index is 1190. The summed E-state index contributed by atoms with van der Waals surface area (Å²) in [5, 5.41) is 7.01. The third-order valence-electron chi connectivity index (χ3n) is 6.24. The van der Waals surface area contributed by atoms with Crippen LogP contribution in [0, 0.1) is 12.7 Å². The summed E-state index contributed by atoms with van der Waals surface area (Å²) in [6.07, 6.45) is 5.83. The molecule has 1 aromatic carbocycles. The molecule has 2 aromatic heterocycles. The fraction of sp³-hybridized carbons (Fsp3) is 0.417. The van der Waals surface area contributed by atoms with Gasteiger partial charge in [0.05, 0.1) is 11.7 Å². The maximum absolute atomic E-state index is 13.6. The van der Waals surface area contributed by atoms with E-state index in [4.69, 9.17) is 9.15 Å². The molecule has 0 saturated carbocycles. The number of thiophene rings is 1. The van der Waals surface area contributed by atoms with Gasteiger partial charge < -0.3 is 19.8 Å². The second-order valence-corrected chi connectivity index (χ2v) is 9.52. The Balaban J connectivity index is 1.43. The van der Waals surface area contributed by atoms with Crippen LogP contribution in [0.15, 0.2) is 22.6 Å². The van der Waals surface area contributed by atoms with Crippen LogP contribution in [0.5, 0.6) is 0 Å². The highest BCUT2D eigenvalue weighted by Crippen LogP contribution is 2.39. The van der Waals surface area contributed by atoms with Gasteiger partial charge in [0.1, 0.15) is 16.4 Å². The van der Waals surface area contributed by atoms with Crippen LogP contribution in [-0.4, -0.2) is 31.1 Å². The summed E-state index contributed by atoms with van der Waals surface area (Å²) in [7, 11) is 0. The first-order valence-corrected chi connectivity index (χ1v) is 11.9. The van der Waals surface area contributed by atoms with Gasteiger partial charge in [-0.3, -0.25) is 9.59 Å². The van der Waals surface area contributed by atoms with Gasteiger partial charge in [0.2, 0.25) is 0 Å². The highest BCUT2D eigenvalue weighted by atomic mass is 32.1. The Morgan fingerprint density at radius 3 is 2.84 bits per heavy atom. The number of furan rings is 1. The highest BCUT2D eigenvalue weighted by Gasteiger charge is 2.28. The molecule has 3 heterocycles. The number of hydrogen-bond acceptors (Lipinski definition) is 5. The zero-order valence-electron chi connectivity index (χ0n) is 17.9. The minimum absolute atomic E-state index is 0.0463. The zero-order chi connectivity index (χ0) is 22.2. The molecule has 8 heteroatoms. The summed E-state index contributed by atoms with van der Waals surface area (Å²) in [6.45, 7) is 2.93. The van der Waals surface area contributed by atoms with Gasteiger partial charge in [0.15, 0.2) is 5.76 Å². The molecule has 1 saturated heterocycles. The number of nitrogens with one attached hydrogen (secondary N) is 2. The van der Waals surface area contributed by atoms with Gasteiger partial charge in [-0.05, 0) is 69.2 Å². The molecule has 5 rings (SSSR count). The Morgan fingerprint density at radius 2 is 2.03 bits per heavy atom. The van der Waals surface area contributed by atoms with Crippen LogP contribution < -0.4 is 10.6 Å². The van der Waals surface area contributed by atoms with Crippen molar-refractivity contribution in [2.75, 3.05) is 18.5 Å². The zero-order valence-corrected chi connectivity index (χ0v) is 18.7. The number of carbonyl (C=O) groups excluding carboxylic acids is 2. The van der Waals surface area contributed by atoms with Crippen LogP contribution in [0.4, 0.5) is 9.39 Å². The van der Waals surface area contributed by atoms with Gasteiger partial charge in [0.25, 0.3) is 11.8 Å². The van der Waals surface area contributed by atoms with Crippen LogP contribution in [0.3, 0.4) is 0 Å². The smallest absolute Gasteiger partial charge is 0.292 e. The quantitative estimate of drug-likeness (QED) is 0.567. The van der Waals surface area contributed by atoms with Crippen molar-refractivity contribution in [1.29, 1.82) is 0 Å². The molecule has 168 valence electrons. The first kappa shape index (κ1) is 21.2. The van der Waals surface area contributed by atoms with Gasteiger partial charge in [-0.1, -0.05) is 0 Å². The van der Waals surface area contributed by atoms with Crippen LogP contribution in [0.2, 0.25) is 0 Å². The number of hydrogen-bond donors (Lipinski definition) is 2. The van der Waals surface area contributed by atoms with E-state index >= 15 is 0 Å². The van der Waals surface area contributed by atoms with E-state index < -0.39 is 5.91 Å². The maximum atomic E-state index is 13.6. The number of carbonyl (C=O) groups is 2. The second kappa shape index (κ2) is 8.67. The average Bonchev–Trinajstić information content (AvgIpc) is 3.50. The fourth-order valence-corrected chi connectivity index (χ4v) is 5.85. The number of rotatable bonds is 5. The molecule has 1 unspecified atom stereocenters. The van der Waals surface area contributed by atoms with Crippen molar-refractivity contribution >= 4 is 39.1 Å². The Kier molecular flexibility index (Phi) is 5.73. The molecule has 32 heavy (non-hydrogen) atoms. The minimum atomic E-state index is -0.439. The maximum Gasteiger partial charge on any atom is 0.292 e. The molecule has 0 spiro atoms. The summed E-state index contributed by atoms with van der Waals surface area (Å²) in [5.74, 6) is -0.878. The first-order chi connectivity index (χ1) is 15.5. The lowest BCUT2D eigenvalue weighted by molar-refractivity contribution is 0.0858. The van der Waals surface area contributed by atoms with Crippen molar-refractivity contribution in [3.63, 3.8) is 0 Å². The van der Waals surface area contributed by atoms with E-state index in [1.807, 2.05) is 0 Å². The van der Waals surface area contributed by atoms with Gasteiger partial charge >= 0.3 is 0 Å². The largest absolute Gasteiger partial charge is 0.451 e. The van der Waals surface area contributed by atoms with E-state index in [1.165, 1.54) is 29.5 Å². The number of fused-ring (bicyclic) bond motifs is 2. The molecule has 2 N–H and O–H groups in total. The number of anilines is 1. The van der Waals surface area contributed by atoms with Gasteiger partial charge in [-0.15, -0.1) is 11.3 Å². The lowest BCUT2D eigenvalue weighted by atomic mass is 9.95. The normalized spacial score (nSPS) is 18.0. The summed E-state index contributed by atoms with van der Waals surface area (Å²) in [4.78, 5) is 27.4. The average molecular weight is 457 g/mol. The molecule has 3 aromatic rings. The molecule has 0 radical (unpaired) electrons. The van der Waals surface area contributed by atoms with E-state index in [0.29, 0.717) is 33.6 Å². The molecular weight excluding hydrogens is 431 g/mol. The fourth-order valence-electron chi connectivity index (χ4n) is 4.56. The Hall–Kier alpha value is -2.71. The van der Waals surface area contributed by atoms with Crippen LogP contribution in [0.25, 0.3) is 11.0 Å². The van der Waals surface area contributed by atoms with Crippen molar-refractivity contribution in [3.05, 3.63) is 51.3 Å². The van der Waals surface area contributed by atoms with Crippen molar-refractivity contribution in [2.24, 2.45) is 0 Å². The molecule has 2 amide bonds. The molecule has 1 atom stereocenters. The van der Waals surface area contributed by atoms with Gasteiger partial charge in [0, 0.05) is 29.0 Å². The van der Waals surface area contributed by atoms with E-state index in [-0.39, 0.29) is 23.6 Å². The molecular formula is C24H25FN2O4S. The van der Waals surface area contributed by atoms with E-state index in [2.05, 4.69) is 10.6 Å². The third-order valence-corrected chi connectivity index (χ3v) is 7.45. The predicted octanol–water partition coefficient (Wildman–Crippen LogP) is 4.98. The topological polar surface area (TPSA) is 80.6 Å². The highest BCUT2D eigenvalue weighted by molar-refractivity contribution is 7.17. The number of aryl methyl sites for hydroxylation is 2. The van der Waals surface area contributed by atoms with Crippen molar-refractivity contribution in [3.8, 4) is 0 Å². The van der Waals surface area contributed by atoms with E-state index in [0.717, 1.165) is 55.6 Å². The lowest BCUT2D eigenvalue weighted by Crippen LogP contribution is -2.32. The molecule has 1 aliphatic heterocycles. The number of amides is 2. The minimum Gasteiger partial charge on any atom is -0.451 e. The number of halogens is 1. The lowest BCUT2D eigenvalue weighted by Gasteiger charge is -2.15. The monoisotopic (exact) mass is 456 g/mol. The Morgan fingerprint density at radius 1 is 1.19 bits per heavy atom. The van der Waals surface area contributed by atoms with E-state index in [9.17, 15) is 14.0 Å². The first-order valence-electron chi connectivity index (χ1n) is 11.1. The van der Waals surface area contributed by atoms with Crippen molar-refractivity contribution < 1.29 is 23.1 Å². The van der Waals surface area contributed by atoms with Crippen LogP contribution >= 0.6 is 11.3 Å². The number of ether oxygens (including phenoxy) is 1. The van der Waals surface area contributed by atoms with Gasteiger partial charge in [-0.2, -0.15) is 0 Å². The molecule has 1 aliphatic carbocycles.